The molecule has 2 saturated heterocycles. The number of hydrogen-bond acceptors (Lipinski definition) is 5. The standard InChI is InChI=1S/C20H31F2N3O3/c21-17(22)20-24-19(25(24)28-20)14-4-6-15-12(9-14)5-7-16(15)23-18(27)13-3-1-2-11(8-13)10-26/h11-17,19-20,26H,1-10H2,(H,23,27)/t11?,12?,13?,14?,15?,16-,19?,20?,24?,25?/m1/s1. The van der Waals surface area contributed by atoms with E-state index >= 15 is 0 Å². The summed E-state index contributed by atoms with van der Waals surface area (Å²) in [5.41, 5.74) is 0. The minimum Gasteiger partial charge on any atom is -0.396 e. The molecule has 9 unspecified atom stereocenters. The molecule has 2 heterocycles. The Morgan fingerprint density at radius 2 is 1.93 bits per heavy atom. The lowest BCUT2D eigenvalue weighted by atomic mass is 9.74. The first kappa shape index (κ1) is 19.2. The van der Waals surface area contributed by atoms with Gasteiger partial charge in [0.25, 0.3) is 6.43 Å². The molecule has 2 aliphatic heterocycles. The molecule has 28 heavy (non-hydrogen) atoms. The minimum atomic E-state index is -2.45. The van der Waals surface area contributed by atoms with Crippen LogP contribution in [-0.4, -0.2) is 52.7 Å². The summed E-state index contributed by atoms with van der Waals surface area (Å²) in [7, 11) is 0. The predicted octanol–water partition coefficient (Wildman–Crippen LogP) is 2.49. The van der Waals surface area contributed by atoms with Crippen molar-refractivity contribution in [2.45, 2.75) is 82.6 Å². The number of aliphatic hydroxyl groups excluding tert-OH is 1. The molecule has 158 valence electrons. The van der Waals surface area contributed by atoms with E-state index in [2.05, 4.69) is 5.32 Å². The van der Waals surface area contributed by atoms with Gasteiger partial charge in [0.2, 0.25) is 12.1 Å². The average molecular weight is 399 g/mol. The molecule has 8 heteroatoms. The molecule has 5 rings (SSSR count). The zero-order chi connectivity index (χ0) is 19.4. The largest absolute Gasteiger partial charge is 0.396 e. The van der Waals surface area contributed by atoms with Gasteiger partial charge in [0.05, 0.1) is 0 Å². The lowest BCUT2D eigenvalue weighted by Crippen LogP contribution is -2.44. The van der Waals surface area contributed by atoms with Crippen LogP contribution in [0.3, 0.4) is 0 Å². The summed E-state index contributed by atoms with van der Waals surface area (Å²) < 4.78 is 25.7. The van der Waals surface area contributed by atoms with Crippen LogP contribution in [0, 0.1) is 29.6 Å². The van der Waals surface area contributed by atoms with Crippen molar-refractivity contribution in [2.24, 2.45) is 29.6 Å². The number of nitrogens with one attached hydrogen (secondary N) is 1. The number of hydrogen-bond donors (Lipinski definition) is 2. The Morgan fingerprint density at radius 3 is 2.68 bits per heavy atom. The molecule has 0 radical (unpaired) electrons. The van der Waals surface area contributed by atoms with Gasteiger partial charge in [0.15, 0.2) is 0 Å². The summed E-state index contributed by atoms with van der Waals surface area (Å²) in [6.45, 7) is 0.185. The molecule has 0 aromatic rings. The number of nitrogens with zero attached hydrogens (tertiary/aromatic N) is 2. The second-order valence-corrected chi connectivity index (χ2v) is 9.53. The molecule has 6 nitrogen and oxygen atoms in total. The van der Waals surface area contributed by atoms with Crippen molar-refractivity contribution in [3.8, 4) is 0 Å². The monoisotopic (exact) mass is 399 g/mol. The van der Waals surface area contributed by atoms with E-state index in [-0.39, 0.29) is 36.6 Å². The van der Waals surface area contributed by atoms with E-state index in [1.165, 1.54) is 0 Å². The van der Waals surface area contributed by atoms with Crippen LogP contribution in [0.5, 0.6) is 0 Å². The zero-order valence-corrected chi connectivity index (χ0v) is 16.2. The van der Waals surface area contributed by atoms with Gasteiger partial charge >= 0.3 is 0 Å². The van der Waals surface area contributed by atoms with Crippen LogP contribution in [0.2, 0.25) is 0 Å². The number of amides is 1. The molecule has 0 bridgehead atoms. The number of alkyl halides is 2. The van der Waals surface area contributed by atoms with E-state index in [4.69, 9.17) is 4.84 Å². The van der Waals surface area contributed by atoms with Gasteiger partial charge in [-0.05, 0) is 75.0 Å². The molecule has 0 aromatic carbocycles. The summed E-state index contributed by atoms with van der Waals surface area (Å²) in [5, 5.41) is 16.0. The molecule has 5 aliphatic rings. The van der Waals surface area contributed by atoms with E-state index in [0.717, 1.165) is 57.8 Å². The van der Waals surface area contributed by atoms with Crippen molar-refractivity contribution < 1.29 is 23.5 Å². The summed E-state index contributed by atoms with van der Waals surface area (Å²) in [6, 6.07) is 0.259. The maximum absolute atomic E-state index is 12.8. The summed E-state index contributed by atoms with van der Waals surface area (Å²) in [4.78, 5) is 17.9. The Hall–Kier alpha value is -0.830. The molecule has 1 amide bonds. The normalized spacial score (nSPS) is 49.9. The number of hydroxylamine groups is 1. The molecule has 2 N–H and O–H groups in total. The van der Waals surface area contributed by atoms with Crippen molar-refractivity contribution in [3.05, 3.63) is 0 Å². The van der Waals surface area contributed by atoms with Crippen LogP contribution in [0.15, 0.2) is 0 Å². The molecule has 3 saturated carbocycles. The highest BCUT2D eigenvalue weighted by Crippen LogP contribution is 2.54. The van der Waals surface area contributed by atoms with Gasteiger partial charge < -0.3 is 10.4 Å². The topological polar surface area (TPSA) is 64.6 Å². The van der Waals surface area contributed by atoms with Crippen LogP contribution in [0.25, 0.3) is 0 Å². The number of carbonyl (C=O) groups is 1. The van der Waals surface area contributed by atoms with Crippen LogP contribution in [0.1, 0.15) is 57.8 Å². The highest BCUT2D eigenvalue weighted by Gasteiger charge is 2.67. The molecule has 10 atom stereocenters. The lowest BCUT2D eigenvalue weighted by molar-refractivity contribution is -0.342. The van der Waals surface area contributed by atoms with E-state index in [0.29, 0.717) is 17.8 Å². The maximum atomic E-state index is 12.8. The first-order valence-corrected chi connectivity index (χ1v) is 11.0. The van der Waals surface area contributed by atoms with Crippen molar-refractivity contribution in [3.63, 3.8) is 0 Å². The van der Waals surface area contributed by atoms with E-state index in [9.17, 15) is 18.7 Å². The van der Waals surface area contributed by atoms with Gasteiger partial charge in [-0.1, -0.05) is 11.6 Å². The summed E-state index contributed by atoms with van der Waals surface area (Å²) >= 11 is 0. The summed E-state index contributed by atoms with van der Waals surface area (Å²) in [6.07, 6.45) is 5.59. The number of aliphatic hydroxyl groups is 1. The van der Waals surface area contributed by atoms with Gasteiger partial charge in [0, 0.05) is 18.6 Å². The zero-order valence-electron chi connectivity index (χ0n) is 16.2. The molecule has 0 aromatic heterocycles. The fourth-order valence-electron chi connectivity index (χ4n) is 6.48. The van der Waals surface area contributed by atoms with Crippen molar-refractivity contribution in [2.75, 3.05) is 6.61 Å². The summed E-state index contributed by atoms with van der Waals surface area (Å²) in [5.74, 6) is 1.99. The van der Waals surface area contributed by atoms with E-state index < -0.39 is 12.7 Å². The van der Waals surface area contributed by atoms with Gasteiger partial charge in [-0.25, -0.2) is 8.78 Å². The average Bonchev–Trinajstić information content (AvgIpc) is 3.06. The van der Waals surface area contributed by atoms with Gasteiger partial charge in [0.1, 0.15) is 6.17 Å². The second kappa shape index (κ2) is 7.45. The molecular weight excluding hydrogens is 368 g/mol. The third-order valence-electron chi connectivity index (χ3n) is 7.97. The Kier molecular flexibility index (Phi) is 5.10. The van der Waals surface area contributed by atoms with E-state index in [1.807, 2.05) is 0 Å². The Bertz CT molecular complexity index is 609. The third-order valence-corrected chi connectivity index (χ3v) is 7.97. The molecule has 5 fully saturated rings. The fourth-order valence-corrected chi connectivity index (χ4v) is 6.48. The quantitative estimate of drug-likeness (QED) is 0.696. The third kappa shape index (κ3) is 3.26. The number of rotatable bonds is 5. The van der Waals surface area contributed by atoms with Crippen molar-refractivity contribution in [1.29, 1.82) is 0 Å². The fraction of sp³-hybridized carbons (Fsp3) is 0.950. The lowest BCUT2D eigenvalue weighted by Gasteiger charge is -2.35. The first-order valence-electron chi connectivity index (χ1n) is 11.0. The molecule has 3 aliphatic carbocycles. The molecular formula is C20H31F2N3O3. The second-order valence-electron chi connectivity index (χ2n) is 9.53. The van der Waals surface area contributed by atoms with Gasteiger partial charge in [-0.2, -0.15) is 5.01 Å². The first-order chi connectivity index (χ1) is 13.6. The van der Waals surface area contributed by atoms with Crippen LogP contribution in [-0.2, 0) is 9.63 Å². The van der Waals surface area contributed by atoms with Crippen LogP contribution in [0.4, 0.5) is 8.78 Å². The van der Waals surface area contributed by atoms with Gasteiger partial charge in [-0.3, -0.25) is 9.63 Å². The minimum absolute atomic E-state index is 0.0336. The highest BCUT2D eigenvalue weighted by molar-refractivity contribution is 5.79. The van der Waals surface area contributed by atoms with Crippen molar-refractivity contribution in [1.82, 2.24) is 15.5 Å². The molecule has 0 spiro atoms. The number of halogens is 2. The maximum Gasteiger partial charge on any atom is 0.281 e. The highest BCUT2D eigenvalue weighted by atomic mass is 19.3. The number of carbonyl (C=O) groups excluding carboxylic acids is 1. The van der Waals surface area contributed by atoms with Gasteiger partial charge in [-0.15, -0.1) is 0 Å². The Labute approximate surface area is 164 Å². The Balaban J connectivity index is 1.12. The van der Waals surface area contributed by atoms with E-state index in [1.54, 1.807) is 10.2 Å². The number of fused-ring (bicyclic) bond motifs is 2. The smallest absolute Gasteiger partial charge is 0.281 e. The Morgan fingerprint density at radius 1 is 1.11 bits per heavy atom. The van der Waals surface area contributed by atoms with Crippen LogP contribution < -0.4 is 5.32 Å². The van der Waals surface area contributed by atoms with Crippen molar-refractivity contribution >= 4 is 5.91 Å². The SMILES string of the molecule is O=C(N[C@@H]1CCC2CC(C3N4OC(C(F)F)N34)CCC21)C1CCCC(CO)C1. The van der Waals surface area contributed by atoms with Crippen LogP contribution >= 0.6 is 0 Å². The number of hydrazine groups is 1. The predicted molar refractivity (Wildman–Crippen MR) is 96.4 cm³/mol.